The molecular formula is C17H22N8. The molecule has 0 amide bonds. The van der Waals surface area contributed by atoms with Crippen molar-refractivity contribution < 1.29 is 0 Å². The van der Waals surface area contributed by atoms with E-state index < -0.39 is 0 Å². The van der Waals surface area contributed by atoms with Crippen molar-refractivity contribution in [2.24, 2.45) is 0 Å². The monoisotopic (exact) mass is 338 g/mol. The van der Waals surface area contributed by atoms with Gasteiger partial charge in [0, 0.05) is 45.5 Å². The number of rotatable bonds is 3. The number of hydrogen-bond donors (Lipinski definition) is 0. The van der Waals surface area contributed by atoms with Crippen LogP contribution in [-0.4, -0.2) is 57.0 Å². The van der Waals surface area contributed by atoms with Crippen molar-refractivity contribution >= 4 is 17.4 Å². The number of aryl methyl sites for hydroxylation is 1. The van der Waals surface area contributed by atoms with Crippen molar-refractivity contribution in [2.75, 3.05) is 37.0 Å². The van der Waals surface area contributed by atoms with E-state index in [9.17, 15) is 0 Å². The van der Waals surface area contributed by atoms with Gasteiger partial charge in [0.2, 0.25) is 5.95 Å². The Bertz CT molecular complexity index is 862. The Kier molecular flexibility index (Phi) is 3.95. The molecule has 0 spiro atoms. The lowest BCUT2D eigenvalue weighted by Crippen LogP contribution is -2.34. The first-order valence-corrected chi connectivity index (χ1v) is 8.55. The number of piperidine rings is 1. The van der Waals surface area contributed by atoms with Crippen LogP contribution in [0.1, 0.15) is 30.1 Å². The van der Waals surface area contributed by atoms with Gasteiger partial charge in [0.05, 0.1) is 0 Å². The summed E-state index contributed by atoms with van der Waals surface area (Å²) in [6.45, 7) is 3.83. The molecular weight excluding hydrogens is 316 g/mol. The van der Waals surface area contributed by atoms with Crippen molar-refractivity contribution in [3.8, 4) is 0 Å². The topological polar surface area (TPSA) is 75.3 Å². The van der Waals surface area contributed by atoms with Crippen LogP contribution in [0.15, 0.2) is 24.5 Å². The minimum atomic E-state index is 0.349. The van der Waals surface area contributed by atoms with E-state index in [1.165, 1.54) is 0 Å². The minimum Gasteiger partial charge on any atom is -0.361 e. The lowest BCUT2D eigenvalue weighted by molar-refractivity contribution is 0.472. The van der Waals surface area contributed by atoms with Gasteiger partial charge in [-0.3, -0.25) is 0 Å². The molecule has 4 heterocycles. The second-order valence-corrected chi connectivity index (χ2v) is 6.74. The lowest BCUT2D eigenvalue weighted by Gasteiger charge is -2.31. The summed E-state index contributed by atoms with van der Waals surface area (Å²) >= 11 is 0. The Morgan fingerprint density at radius 2 is 1.76 bits per heavy atom. The van der Waals surface area contributed by atoms with Gasteiger partial charge in [0.15, 0.2) is 11.5 Å². The molecule has 8 heteroatoms. The summed E-state index contributed by atoms with van der Waals surface area (Å²) in [7, 11) is 3.97. The van der Waals surface area contributed by atoms with Crippen LogP contribution in [0.2, 0.25) is 0 Å². The molecule has 3 aromatic heterocycles. The fraction of sp³-hybridized carbons (Fsp3) is 0.471. The quantitative estimate of drug-likeness (QED) is 0.719. The molecule has 0 aliphatic carbocycles. The lowest BCUT2D eigenvalue weighted by atomic mass is 9.96. The van der Waals surface area contributed by atoms with E-state index in [4.69, 9.17) is 0 Å². The second kappa shape index (κ2) is 6.27. The van der Waals surface area contributed by atoms with E-state index in [1.807, 2.05) is 55.0 Å². The maximum Gasteiger partial charge on any atom is 0.225 e. The summed E-state index contributed by atoms with van der Waals surface area (Å²) < 4.78 is 1.89. The second-order valence-electron chi connectivity index (χ2n) is 6.74. The molecule has 0 aromatic carbocycles. The normalized spacial score (nSPS) is 15.7. The third kappa shape index (κ3) is 2.99. The van der Waals surface area contributed by atoms with Crippen LogP contribution in [0.25, 0.3) is 5.65 Å². The van der Waals surface area contributed by atoms with Crippen LogP contribution in [0, 0.1) is 6.92 Å². The Morgan fingerprint density at radius 3 is 2.44 bits per heavy atom. The van der Waals surface area contributed by atoms with Gasteiger partial charge in [-0.15, -0.1) is 15.3 Å². The zero-order chi connectivity index (χ0) is 17.4. The Morgan fingerprint density at radius 1 is 1.04 bits per heavy atom. The Balaban J connectivity index is 1.53. The predicted molar refractivity (Wildman–Crippen MR) is 96.1 cm³/mol. The van der Waals surface area contributed by atoms with E-state index in [2.05, 4.69) is 30.2 Å². The SMILES string of the molecule is Cc1cnc(N2CCC(c3nnc4ccc(N(C)C)nn34)CC2)nc1. The van der Waals surface area contributed by atoms with Crippen LogP contribution in [0.5, 0.6) is 0 Å². The third-order valence-electron chi connectivity index (χ3n) is 4.64. The number of fused-ring (bicyclic) bond motifs is 1. The highest BCUT2D eigenvalue weighted by molar-refractivity contribution is 5.45. The summed E-state index contributed by atoms with van der Waals surface area (Å²) in [5.74, 6) is 3.01. The first kappa shape index (κ1) is 15.7. The number of hydrogen-bond acceptors (Lipinski definition) is 7. The van der Waals surface area contributed by atoms with Crippen LogP contribution in [-0.2, 0) is 0 Å². The van der Waals surface area contributed by atoms with Crippen LogP contribution in [0.4, 0.5) is 11.8 Å². The zero-order valence-corrected chi connectivity index (χ0v) is 14.8. The zero-order valence-electron chi connectivity index (χ0n) is 14.8. The van der Waals surface area contributed by atoms with Gasteiger partial charge in [-0.25, -0.2) is 9.97 Å². The summed E-state index contributed by atoms with van der Waals surface area (Å²) in [5.41, 5.74) is 1.88. The first-order chi connectivity index (χ1) is 12.1. The molecule has 1 aliphatic heterocycles. The molecule has 0 bridgehead atoms. The fourth-order valence-corrected chi connectivity index (χ4v) is 3.18. The molecule has 0 unspecified atom stereocenters. The van der Waals surface area contributed by atoms with Gasteiger partial charge in [-0.1, -0.05) is 0 Å². The van der Waals surface area contributed by atoms with Crippen LogP contribution < -0.4 is 9.80 Å². The third-order valence-corrected chi connectivity index (χ3v) is 4.64. The molecule has 1 aliphatic rings. The highest BCUT2D eigenvalue weighted by atomic mass is 15.4. The molecule has 25 heavy (non-hydrogen) atoms. The van der Waals surface area contributed by atoms with Gasteiger partial charge in [-0.05, 0) is 37.5 Å². The molecule has 0 N–H and O–H groups in total. The van der Waals surface area contributed by atoms with Gasteiger partial charge >= 0.3 is 0 Å². The van der Waals surface area contributed by atoms with Crippen molar-refractivity contribution in [3.05, 3.63) is 35.9 Å². The average molecular weight is 338 g/mol. The fourth-order valence-electron chi connectivity index (χ4n) is 3.18. The largest absolute Gasteiger partial charge is 0.361 e. The first-order valence-electron chi connectivity index (χ1n) is 8.55. The van der Waals surface area contributed by atoms with Crippen molar-refractivity contribution in [2.45, 2.75) is 25.7 Å². The maximum absolute atomic E-state index is 4.68. The van der Waals surface area contributed by atoms with Gasteiger partial charge in [0.1, 0.15) is 5.82 Å². The highest BCUT2D eigenvalue weighted by Crippen LogP contribution is 2.28. The van der Waals surface area contributed by atoms with E-state index >= 15 is 0 Å². The van der Waals surface area contributed by atoms with E-state index in [-0.39, 0.29) is 0 Å². The standard InChI is InChI=1S/C17H22N8/c1-12-10-18-17(19-11-12)24-8-6-13(7-9-24)16-21-20-14-4-5-15(23(2)3)22-25(14)16/h4-5,10-11,13H,6-9H2,1-3H3. The average Bonchev–Trinajstić information content (AvgIpc) is 3.05. The Hall–Kier alpha value is -2.77. The number of nitrogens with zero attached hydrogens (tertiary/aromatic N) is 8. The molecule has 0 atom stereocenters. The van der Waals surface area contributed by atoms with Gasteiger partial charge in [-0.2, -0.15) is 4.52 Å². The smallest absolute Gasteiger partial charge is 0.225 e. The van der Waals surface area contributed by atoms with E-state index in [0.717, 1.165) is 54.7 Å². The van der Waals surface area contributed by atoms with Crippen molar-refractivity contribution in [1.82, 2.24) is 29.8 Å². The molecule has 0 radical (unpaired) electrons. The van der Waals surface area contributed by atoms with Gasteiger partial charge < -0.3 is 9.80 Å². The molecule has 0 saturated carbocycles. The predicted octanol–water partition coefficient (Wildman–Crippen LogP) is 1.67. The van der Waals surface area contributed by atoms with Crippen LogP contribution >= 0.6 is 0 Å². The molecule has 1 saturated heterocycles. The molecule has 4 rings (SSSR count). The molecule has 3 aromatic rings. The molecule has 1 fully saturated rings. The van der Waals surface area contributed by atoms with E-state index in [0.29, 0.717) is 5.92 Å². The van der Waals surface area contributed by atoms with Crippen molar-refractivity contribution in [3.63, 3.8) is 0 Å². The number of aromatic nitrogens is 6. The van der Waals surface area contributed by atoms with E-state index in [1.54, 1.807) is 0 Å². The Labute approximate surface area is 146 Å². The summed E-state index contributed by atoms with van der Waals surface area (Å²) in [6, 6.07) is 3.93. The molecule has 130 valence electrons. The van der Waals surface area contributed by atoms with Crippen molar-refractivity contribution in [1.29, 1.82) is 0 Å². The van der Waals surface area contributed by atoms with Crippen LogP contribution in [0.3, 0.4) is 0 Å². The summed E-state index contributed by atoms with van der Waals surface area (Å²) in [6.07, 6.45) is 5.72. The highest BCUT2D eigenvalue weighted by Gasteiger charge is 2.26. The number of anilines is 2. The minimum absolute atomic E-state index is 0.349. The summed E-state index contributed by atoms with van der Waals surface area (Å²) in [4.78, 5) is 13.1. The molecule has 8 nitrogen and oxygen atoms in total. The maximum atomic E-state index is 4.68. The van der Waals surface area contributed by atoms with Gasteiger partial charge in [0.25, 0.3) is 0 Å². The summed E-state index contributed by atoms with van der Waals surface area (Å²) in [5, 5.41) is 13.4.